The molecule has 1 aliphatic heterocycles. The van der Waals surface area contributed by atoms with Gasteiger partial charge < -0.3 is 28.6 Å². The van der Waals surface area contributed by atoms with Crippen LogP contribution in [-0.4, -0.2) is 62.3 Å². The Morgan fingerprint density at radius 2 is 1.76 bits per heavy atom. The third kappa shape index (κ3) is 4.29. The number of carbonyl (C=O) groups excluding carboxylic acids is 1. The minimum atomic E-state index is -0.548. The van der Waals surface area contributed by atoms with Crippen LogP contribution in [0.15, 0.2) is 42.5 Å². The van der Waals surface area contributed by atoms with Gasteiger partial charge in [0, 0.05) is 25.3 Å². The monoisotopic (exact) mass is 456 g/mol. The van der Waals surface area contributed by atoms with E-state index in [4.69, 9.17) is 18.9 Å². The highest BCUT2D eigenvalue weighted by Gasteiger charge is 2.43. The molecule has 1 N–H and O–H groups in total. The SMILES string of the molecule is COc1ccc(-c2n[nH]c3c2C(c2cccc(C)c2)N(CC(OC)OC)C3=O)cc1OC.[F-]. The molecule has 1 atom stereocenters. The van der Waals surface area contributed by atoms with Crippen LogP contribution in [0.2, 0.25) is 0 Å². The Morgan fingerprint density at radius 3 is 2.39 bits per heavy atom. The predicted molar refractivity (Wildman–Crippen MR) is 119 cm³/mol. The van der Waals surface area contributed by atoms with Crippen molar-refractivity contribution in [1.29, 1.82) is 0 Å². The maximum Gasteiger partial charge on any atom is 0.273 e. The summed E-state index contributed by atoms with van der Waals surface area (Å²) in [6, 6.07) is 13.4. The molecule has 1 amide bonds. The van der Waals surface area contributed by atoms with Gasteiger partial charge in [-0.3, -0.25) is 9.89 Å². The van der Waals surface area contributed by atoms with Crippen LogP contribution in [0.25, 0.3) is 11.3 Å². The van der Waals surface area contributed by atoms with E-state index in [0.717, 1.165) is 22.3 Å². The molecule has 3 aromatic rings. The summed E-state index contributed by atoms with van der Waals surface area (Å²) in [6.07, 6.45) is -0.548. The van der Waals surface area contributed by atoms with E-state index in [9.17, 15) is 4.79 Å². The zero-order chi connectivity index (χ0) is 22.8. The fourth-order valence-electron chi connectivity index (χ4n) is 4.18. The number of ether oxygens (including phenoxy) is 4. The Labute approximate surface area is 191 Å². The number of benzene rings is 2. The average Bonchev–Trinajstić information content (AvgIpc) is 3.35. The lowest BCUT2D eigenvalue weighted by Gasteiger charge is -2.29. The number of hydrogen-bond donors (Lipinski definition) is 1. The molecular weight excluding hydrogens is 429 g/mol. The van der Waals surface area contributed by atoms with Gasteiger partial charge in [0.25, 0.3) is 5.91 Å². The molecule has 8 nitrogen and oxygen atoms in total. The highest BCUT2D eigenvalue weighted by molar-refractivity contribution is 6.00. The second-order valence-corrected chi connectivity index (χ2v) is 7.61. The molecule has 0 fully saturated rings. The molecule has 9 heteroatoms. The van der Waals surface area contributed by atoms with Crippen molar-refractivity contribution >= 4 is 5.91 Å². The van der Waals surface area contributed by atoms with Gasteiger partial charge in [-0.05, 0) is 30.7 Å². The molecule has 1 aliphatic rings. The van der Waals surface area contributed by atoms with Gasteiger partial charge in [-0.1, -0.05) is 29.8 Å². The Balaban J connectivity index is 0.00000306. The van der Waals surface area contributed by atoms with E-state index in [-0.39, 0.29) is 23.2 Å². The summed E-state index contributed by atoms with van der Waals surface area (Å²) < 4.78 is 21.6. The molecule has 0 spiro atoms. The maximum atomic E-state index is 13.4. The summed E-state index contributed by atoms with van der Waals surface area (Å²) in [7, 11) is 6.31. The normalized spacial score (nSPS) is 14.9. The molecule has 0 radical (unpaired) electrons. The summed E-state index contributed by atoms with van der Waals surface area (Å²) in [5, 5.41) is 7.47. The van der Waals surface area contributed by atoms with Crippen LogP contribution in [0.5, 0.6) is 11.5 Å². The van der Waals surface area contributed by atoms with Gasteiger partial charge in [-0.2, -0.15) is 5.10 Å². The summed E-state index contributed by atoms with van der Waals surface area (Å²) in [5.41, 5.74) is 4.89. The zero-order valence-corrected chi connectivity index (χ0v) is 19.2. The predicted octanol–water partition coefficient (Wildman–Crippen LogP) is 0.570. The van der Waals surface area contributed by atoms with Crippen molar-refractivity contribution in [2.75, 3.05) is 35.0 Å². The molecule has 1 unspecified atom stereocenters. The minimum Gasteiger partial charge on any atom is -1.00 e. The van der Waals surface area contributed by atoms with Crippen molar-refractivity contribution < 1.29 is 28.4 Å². The fraction of sp³-hybridized carbons (Fsp3) is 0.333. The van der Waals surface area contributed by atoms with E-state index in [1.54, 1.807) is 33.3 Å². The largest absolute Gasteiger partial charge is 1.00 e. The van der Waals surface area contributed by atoms with Crippen molar-refractivity contribution in [2.45, 2.75) is 19.3 Å². The van der Waals surface area contributed by atoms with Crippen LogP contribution in [-0.2, 0) is 9.47 Å². The van der Waals surface area contributed by atoms with Gasteiger partial charge >= 0.3 is 0 Å². The van der Waals surface area contributed by atoms with E-state index in [1.165, 1.54) is 0 Å². The quantitative estimate of drug-likeness (QED) is 0.499. The smallest absolute Gasteiger partial charge is 0.273 e. The second-order valence-electron chi connectivity index (χ2n) is 7.61. The average molecular weight is 456 g/mol. The number of aryl methyl sites for hydroxylation is 1. The molecule has 0 saturated heterocycles. The van der Waals surface area contributed by atoms with E-state index in [0.29, 0.717) is 22.9 Å². The molecule has 33 heavy (non-hydrogen) atoms. The molecule has 1 aromatic heterocycles. The first-order valence-corrected chi connectivity index (χ1v) is 10.3. The topological polar surface area (TPSA) is 85.9 Å². The molecule has 4 rings (SSSR count). The number of fused-ring (bicyclic) bond motifs is 1. The summed E-state index contributed by atoms with van der Waals surface area (Å²) >= 11 is 0. The highest BCUT2D eigenvalue weighted by atomic mass is 19.0. The van der Waals surface area contributed by atoms with Crippen LogP contribution >= 0.6 is 0 Å². The van der Waals surface area contributed by atoms with Crippen molar-refractivity contribution in [2.24, 2.45) is 0 Å². The number of rotatable bonds is 8. The maximum absolute atomic E-state index is 13.4. The summed E-state index contributed by atoms with van der Waals surface area (Å²) in [4.78, 5) is 15.2. The molecular formula is C24H27FN3O5-. The van der Waals surface area contributed by atoms with Gasteiger partial charge in [-0.15, -0.1) is 0 Å². The molecule has 0 aliphatic carbocycles. The number of amides is 1. The number of aromatic amines is 1. The van der Waals surface area contributed by atoms with Crippen LogP contribution in [0.1, 0.15) is 33.2 Å². The summed E-state index contributed by atoms with van der Waals surface area (Å²) in [5.74, 6) is 1.07. The van der Waals surface area contributed by atoms with Crippen LogP contribution in [0, 0.1) is 6.92 Å². The lowest BCUT2D eigenvalue weighted by molar-refractivity contribution is -0.113. The lowest BCUT2D eigenvalue weighted by atomic mass is 9.95. The molecule has 2 heterocycles. The van der Waals surface area contributed by atoms with Crippen LogP contribution in [0.4, 0.5) is 0 Å². The van der Waals surface area contributed by atoms with Gasteiger partial charge in [0.05, 0.1) is 32.5 Å². The fourth-order valence-corrected chi connectivity index (χ4v) is 4.18. The number of nitrogens with one attached hydrogen (secondary N) is 1. The standard InChI is InChI=1S/C24H27N3O5.FH/c1-14-7-6-8-16(11-14)23-20-21(15-9-10-17(29-2)18(12-15)30-3)25-26-22(20)24(28)27(23)13-19(31-4)32-5;/h6-12,19,23H,13H2,1-5H3,(H,25,26);1H/p-1. The molecule has 0 saturated carbocycles. The molecule has 0 bridgehead atoms. The number of aromatic nitrogens is 2. The first-order chi connectivity index (χ1) is 15.5. The van der Waals surface area contributed by atoms with Gasteiger partial charge in [0.2, 0.25) is 0 Å². The summed E-state index contributed by atoms with van der Waals surface area (Å²) in [6.45, 7) is 2.31. The van der Waals surface area contributed by atoms with Gasteiger partial charge in [0.1, 0.15) is 5.69 Å². The zero-order valence-electron chi connectivity index (χ0n) is 19.2. The Bertz CT molecular complexity index is 1130. The minimum absolute atomic E-state index is 0. The van der Waals surface area contributed by atoms with E-state index < -0.39 is 6.29 Å². The third-order valence-corrected chi connectivity index (χ3v) is 5.75. The number of H-pyrrole nitrogens is 1. The van der Waals surface area contributed by atoms with E-state index in [1.807, 2.05) is 43.3 Å². The lowest BCUT2D eigenvalue weighted by Crippen LogP contribution is -3.00. The van der Waals surface area contributed by atoms with Crippen molar-refractivity contribution in [1.82, 2.24) is 15.1 Å². The van der Waals surface area contributed by atoms with Crippen LogP contribution in [0.3, 0.4) is 0 Å². The van der Waals surface area contributed by atoms with Gasteiger partial charge in [-0.25, -0.2) is 0 Å². The van der Waals surface area contributed by atoms with Crippen molar-refractivity contribution in [3.63, 3.8) is 0 Å². The number of methoxy groups -OCH3 is 4. The molecule has 176 valence electrons. The Kier molecular flexibility index (Phi) is 7.35. The van der Waals surface area contributed by atoms with E-state index in [2.05, 4.69) is 16.3 Å². The number of nitrogens with zero attached hydrogens (tertiary/aromatic N) is 2. The van der Waals surface area contributed by atoms with Crippen LogP contribution < -0.4 is 14.2 Å². The van der Waals surface area contributed by atoms with Crippen molar-refractivity contribution in [3.8, 4) is 22.8 Å². The second kappa shape index (κ2) is 10.0. The Morgan fingerprint density at radius 1 is 1.03 bits per heavy atom. The highest BCUT2D eigenvalue weighted by Crippen LogP contribution is 2.44. The molecule has 2 aromatic carbocycles. The number of hydrogen-bond acceptors (Lipinski definition) is 6. The van der Waals surface area contributed by atoms with E-state index >= 15 is 0 Å². The Hall–Kier alpha value is -3.43. The van der Waals surface area contributed by atoms with Crippen molar-refractivity contribution in [3.05, 3.63) is 64.8 Å². The van der Waals surface area contributed by atoms with Gasteiger partial charge in [0.15, 0.2) is 17.8 Å². The first-order valence-electron chi connectivity index (χ1n) is 10.3. The first kappa shape index (κ1) is 24.2. The number of halogens is 1. The third-order valence-electron chi connectivity index (χ3n) is 5.75. The number of carbonyl (C=O) groups is 1.